The fourth-order valence-electron chi connectivity index (χ4n) is 4.77. The van der Waals surface area contributed by atoms with Gasteiger partial charge in [-0.25, -0.2) is 0 Å². The van der Waals surface area contributed by atoms with Gasteiger partial charge in [-0.2, -0.15) is 0 Å². The molecule has 0 fully saturated rings. The van der Waals surface area contributed by atoms with Crippen LogP contribution in [0.1, 0.15) is 140 Å². The third kappa shape index (κ3) is 7.49. The molecule has 0 N–H and O–H groups in total. The van der Waals surface area contributed by atoms with E-state index < -0.39 is 0 Å². The van der Waals surface area contributed by atoms with Gasteiger partial charge in [-0.3, -0.25) is 0 Å². The van der Waals surface area contributed by atoms with Gasteiger partial charge < -0.3 is 14.2 Å². The van der Waals surface area contributed by atoms with Gasteiger partial charge in [-0.15, -0.1) is 0 Å². The monoisotopic (exact) mass is 482 g/mol. The first kappa shape index (κ1) is 29.2. The Bertz CT molecular complexity index is 874. The van der Waals surface area contributed by atoms with Crippen LogP contribution in [-0.2, 0) is 18.0 Å². The van der Waals surface area contributed by atoms with Crippen LogP contribution in [0.3, 0.4) is 0 Å². The van der Waals surface area contributed by atoms with Crippen LogP contribution in [0.2, 0.25) is 0 Å². The predicted octanol–water partition coefficient (Wildman–Crippen LogP) is 9.47. The number of ether oxygens (including phenoxy) is 3. The largest absolute Gasteiger partial charge is 0.490 e. The van der Waals surface area contributed by atoms with E-state index in [9.17, 15) is 0 Å². The summed E-state index contributed by atoms with van der Waals surface area (Å²) in [5.41, 5.74) is 7.56. The van der Waals surface area contributed by atoms with E-state index in [1.165, 1.54) is 22.3 Å². The minimum Gasteiger partial charge on any atom is -0.490 e. The van der Waals surface area contributed by atoms with Crippen molar-refractivity contribution in [1.82, 2.24) is 0 Å². The van der Waals surface area contributed by atoms with Gasteiger partial charge >= 0.3 is 0 Å². The maximum absolute atomic E-state index is 6.40. The van der Waals surface area contributed by atoms with Crippen LogP contribution in [-0.4, -0.2) is 12.2 Å². The van der Waals surface area contributed by atoms with Gasteiger partial charge in [0.25, 0.3) is 0 Å². The molecule has 0 unspecified atom stereocenters. The molecule has 0 aliphatic carbocycles. The molecular weight excluding hydrogens is 432 g/mol. The molecule has 0 heterocycles. The quantitative estimate of drug-likeness (QED) is 0.301. The summed E-state index contributed by atoms with van der Waals surface area (Å²) in [7, 11) is 0. The van der Waals surface area contributed by atoms with E-state index in [-0.39, 0.29) is 12.2 Å². The smallest absolute Gasteiger partial charge is 0.128 e. The van der Waals surface area contributed by atoms with Gasteiger partial charge in [0.1, 0.15) is 11.5 Å². The van der Waals surface area contributed by atoms with Gasteiger partial charge in [0, 0.05) is 22.3 Å². The normalized spacial score (nSPS) is 12.2. The van der Waals surface area contributed by atoms with Crippen molar-refractivity contribution in [2.24, 2.45) is 0 Å². The molecule has 2 aromatic carbocycles. The van der Waals surface area contributed by atoms with Crippen molar-refractivity contribution in [3.05, 3.63) is 57.6 Å². The Morgan fingerprint density at radius 1 is 0.486 bits per heavy atom. The Kier molecular flexibility index (Phi) is 10.7. The zero-order valence-corrected chi connectivity index (χ0v) is 24.4. The lowest BCUT2D eigenvalue weighted by Gasteiger charge is -2.26. The summed E-state index contributed by atoms with van der Waals surface area (Å²) in [6, 6.07) is 8.89. The molecule has 0 amide bonds. The average Bonchev–Trinajstić information content (AvgIpc) is 2.73. The maximum Gasteiger partial charge on any atom is 0.128 e. The van der Waals surface area contributed by atoms with Crippen LogP contribution in [0.15, 0.2) is 24.3 Å². The second kappa shape index (κ2) is 12.8. The zero-order valence-electron chi connectivity index (χ0n) is 24.4. The maximum atomic E-state index is 6.40. The molecule has 0 aromatic heterocycles. The molecule has 0 atom stereocenters. The van der Waals surface area contributed by atoms with E-state index >= 15 is 0 Å². The SMILES string of the molecule is CC(C)Oc1c(COCc2ccc(C(C)C)c(C(C)C)c2OC(C)C)ccc(C(C)C)c1C(C)C. The third-order valence-corrected chi connectivity index (χ3v) is 6.24. The number of benzene rings is 2. The lowest BCUT2D eigenvalue weighted by Crippen LogP contribution is -2.14. The van der Waals surface area contributed by atoms with Crippen LogP contribution in [0.25, 0.3) is 0 Å². The molecule has 0 spiro atoms. The molecule has 0 bridgehead atoms. The third-order valence-electron chi connectivity index (χ3n) is 6.24. The van der Waals surface area contributed by atoms with E-state index in [0.29, 0.717) is 36.9 Å². The van der Waals surface area contributed by atoms with Crippen molar-refractivity contribution in [2.75, 3.05) is 0 Å². The van der Waals surface area contributed by atoms with E-state index in [4.69, 9.17) is 14.2 Å². The van der Waals surface area contributed by atoms with Crippen molar-refractivity contribution in [3.8, 4) is 11.5 Å². The van der Waals surface area contributed by atoms with Crippen LogP contribution >= 0.6 is 0 Å². The van der Waals surface area contributed by atoms with E-state index in [1.807, 2.05) is 0 Å². The molecule has 3 nitrogen and oxygen atoms in total. The highest BCUT2D eigenvalue weighted by Gasteiger charge is 2.22. The van der Waals surface area contributed by atoms with Crippen LogP contribution in [0.5, 0.6) is 11.5 Å². The van der Waals surface area contributed by atoms with Crippen molar-refractivity contribution in [3.63, 3.8) is 0 Å². The van der Waals surface area contributed by atoms with Gasteiger partial charge in [0.15, 0.2) is 0 Å². The topological polar surface area (TPSA) is 27.7 Å². The number of hydrogen-bond acceptors (Lipinski definition) is 3. The van der Waals surface area contributed by atoms with Gasteiger partial charge in [-0.05, 0) is 62.5 Å². The Morgan fingerprint density at radius 2 is 0.829 bits per heavy atom. The van der Waals surface area contributed by atoms with Crippen LogP contribution < -0.4 is 9.47 Å². The summed E-state index contributed by atoms with van der Waals surface area (Å²) in [4.78, 5) is 0. The Hall–Kier alpha value is -2.00. The molecule has 196 valence electrons. The summed E-state index contributed by atoms with van der Waals surface area (Å²) in [6.07, 6.45) is 0.216. The fourth-order valence-corrected chi connectivity index (χ4v) is 4.77. The molecule has 0 saturated carbocycles. The minimum atomic E-state index is 0.108. The summed E-state index contributed by atoms with van der Waals surface area (Å²) < 4.78 is 19.2. The number of rotatable bonds is 12. The highest BCUT2D eigenvalue weighted by Crippen LogP contribution is 2.40. The van der Waals surface area contributed by atoms with Crippen LogP contribution in [0, 0.1) is 0 Å². The summed E-state index contributed by atoms with van der Waals surface area (Å²) in [6.45, 7) is 27.4. The second-order valence-electron chi connectivity index (χ2n) is 11.6. The van der Waals surface area contributed by atoms with Gasteiger partial charge in [-0.1, -0.05) is 79.7 Å². The molecular formula is C32H50O3. The molecule has 2 aromatic rings. The lowest BCUT2D eigenvalue weighted by molar-refractivity contribution is 0.0994. The first-order chi connectivity index (χ1) is 16.3. The molecule has 3 heteroatoms. The average molecular weight is 483 g/mol. The van der Waals surface area contributed by atoms with Crippen molar-refractivity contribution in [2.45, 2.75) is 132 Å². The summed E-state index contributed by atoms with van der Waals surface area (Å²) in [5, 5.41) is 0. The molecule has 0 aliphatic heterocycles. The lowest BCUT2D eigenvalue weighted by atomic mass is 9.88. The molecule has 0 saturated heterocycles. The molecule has 0 aliphatic rings. The molecule has 2 rings (SSSR count). The van der Waals surface area contributed by atoms with E-state index in [1.54, 1.807) is 0 Å². The van der Waals surface area contributed by atoms with Crippen molar-refractivity contribution >= 4 is 0 Å². The van der Waals surface area contributed by atoms with Gasteiger partial charge in [0.2, 0.25) is 0 Å². The van der Waals surface area contributed by atoms with Crippen molar-refractivity contribution < 1.29 is 14.2 Å². The minimum absolute atomic E-state index is 0.108. The summed E-state index contributed by atoms with van der Waals surface area (Å²) >= 11 is 0. The molecule has 35 heavy (non-hydrogen) atoms. The Labute approximate surface area is 215 Å². The van der Waals surface area contributed by atoms with Crippen molar-refractivity contribution in [1.29, 1.82) is 0 Å². The van der Waals surface area contributed by atoms with Crippen LogP contribution in [0.4, 0.5) is 0 Å². The van der Waals surface area contributed by atoms with E-state index in [2.05, 4.69) is 107 Å². The van der Waals surface area contributed by atoms with E-state index in [0.717, 1.165) is 22.6 Å². The highest BCUT2D eigenvalue weighted by atomic mass is 16.5. The highest BCUT2D eigenvalue weighted by molar-refractivity contribution is 5.51. The Balaban J connectivity index is 2.42. The zero-order chi connectivity index (χ0) is 26.4. The second-order valence-corrected chi connectivity index (χ2v) is 11.6. The predicted molar refractivity (Wildman–Crippen MR) is 149 cm³/mol. The fraction of sp³-hybridized carbons (Fsp3) is 0.625. The summed E-state index contributed by atoms with van der Waals surface area (Å²) in [5.74, 6) is 3.65. The standard InChI is InChI=1S/C32H50O3/c1-19(2)27-15-13-25(31(34-23(9)10)29(27)21(5)6)17-33-18-26-14-16-28(20(3)4)30(22(7)8)32(26)35-24(11)12/h13-16,19-24H,17-18H2,1-12H3. The van der Waals surface area contributed by atoms with Gasteiger partial charge in [0.05, 0.1) is 25.4 Å². The number of hydrogen-bond donors (Lipinski definition) is 0. The Morgan fingerprint density at radius 3 is 1.09 bits per heavy atom. The first-order valence-corrected chi connectivity index (χ1v) is 13.6. The molecule has 0 radical (unpaired) electrons. The first-order valence-electron chi connectivity index (χ1n) is 13.6.